The zero-order valence-corrected chi connectivity index (χ0v) is 36.4. The Morgan fingerprint density at radius 2 is 0.517 bits per heavy atom. The van der Waals surface area contributed by atoms with E-state index in [0.717, 1.165) is 24.3 Å². The van der Waals surface area contributed by atoms with Gasteiger partial charge in [-0.1, -0.05) is 24.8 Å². The van der Waals surface area contributed by atoms with Crippen molar-refractivity contribution in [3.05, 3.63) is 217 Å². The minimum atomic E-state index is -0.608. The van der Waals surface area contributed by atoms with E-state index < -0.39 is 46.5 Å². The van der Waals surface area contributed by atoms with Crippen molar-refractivity contribution in [3.8, 4) is 45.0 Å². The molecule has 4 nitrogen and oxygen atoms in total. The Hall–Kier alpha value is -5.20. The molecule has 0 saturated carbocycles. The normalized spacial score (nSPS) is 9.67. The van der Waals surface area contributed by atoms with Gasteiger partial charge in [0, 0.05) is 46.5 Å². The molecule has 8 rings (SSSR count). The predicted molar refractivity (Wildman–Crippen MR) is 205 cm³/mol. The molecule has 0 unspecified atom stereocenters. The fourth-order valence-corrected chi connectivity index (χ4v) is 4.71. The third-order valence-corrected chi connectivity index (χ3v) is 7.29. The van der Waals surface area contributed by atoms with Crippen molar-refractivity contribution in [1.29, 1.82) is 0 Å². The molecule has 16 heteroatoms. The Balaban J connectivity index is 0.000000208. The van der Waals surface area contributed by atoms with Crippen LogP contribution >= 0.6 is 19.2 Å². The van der Waals surface area contributed by atoms with Crippen LogP contribution in [-0.4, -0.2) is 19.9 Å². The molecule has 0 aliphatic carbocycles. The van der Waals surface area contributed by atoms with Crippen molar-refractivity contribution in [2.24, 2.45) is 0 Å². The Morgan fingerprint density at radius 3 is 0.667 bits per heavy atom. The molecule has 4 aromatic heterocycles. The van der Waals surface area contributed by atoms with Crippen LogP contribution in [0.4, 0.5) is 35.1 Å². The summed E-state index contributed by atoms with van der Waals surface area (Å²) in [5.74, 6) is -4.79. The maximum absolute atomic E-state index is 13.2. The summed E-state index contributed by atoms with van der Waals surface area (Å²) in [5, 5.41) is 0. The molecule has 0 N–H and O–H groups in total. The third-order valence-electron chi connectivity index (χ3n) is 7.29. The van der Waals surface area contributed by atoms with Crippen molar-refractivity contribution in [2.75, 3.05) is 0 Å². The van der Waals surface area contributed by atoms with Crippen LogP contribution in [-0.2, 0) is 35.8 Å². The van der Waals surface area contributed by atoms with Gasteiger partial charge in [0.25, 0.3) is 0 Å². The topological polar surface area (TPSA) is 51.6 Å². The number of rotatable bonds is 4. The van der Waals surface area contributed by atoms with Gasteiger partial charge in [-0.15, -0.1) is 0 Å². The van der Waals surface area contributed by atoms with Crippen LogP contribution in [0.2, 0.25) is 0 Å². The molecule has 4 heterocycles. The number of halogens is 10. The Bertz CT molecular complexity index is 2130. The average Bonchev–Trinajstić information content (AvgIpc) is 3.27. The van der Waals surface area contributed by atoms with E-state index in [1.54, 1.807) is 48.5 Å². The molecule has 308 valence electrons. The molecule has 0 fully saturated rings. The first kappa shape index (κ1) is 49.2. The Kier molecular flexibility index (Phi) is 22.0. The zero-order valence-electron chi connectivity index (χ0n) is 30.1. The summed E-state index contributed by atoms with van der Waals surface area (Å²) in [6.07, 6.45) is 5.77. The number of pyridine rings is 4. The van der Waals surface area contributed by atoms with E-state index in [0.29, 0.717) is 45.0 Å². The van der Waals surface area contributed by atoms with Gasteiger partial charge < -0.3 is 0 Å². The van der Waals surface area contributed by atoms with Crippen LogP contribution in [0.5, 0.6) is 0 Å². The van der Waals surface area contributed by atoms with E-state index >= 15 is 0 Å². The van der Waals surface area contributed by atoms with Crippen molar-refractivity contribution < 1.29 is 70.9 Å². The molecule has 0 bridgehead atoms. The second-order valence-corrected chi connectivity index (χ2v) is 11.1. The fourth-order valence-electron chi connectivity index (χ4n) is 4.71. The first-order valence-electron chi connectivity index (χ1n) is 16.4. The van der Waals surface area contributed by atoms with Gasteiger partial charge in [-0.3, -0.25) is 19.9 Å². The molecule has 0 radical (unpaired) electrons. The molecule has 0 atom stereocenters. The van der Waals surface area contributed by atoms with Gasteiger partial charge in [0.1, 0.15) is 46.5 Å². The van der Waals surface area contributed by atoms with E-state index in [2.05, 4.69) is 63.4 Å². The summed E-state index contributed by atoms with van der Waals surface area (Å²) in [7, 11) is 9.28. The summed E-state index contributed by atoms with van der Waals surface area (Å²) >= 11 is 2.94. The first-order chi connectivity index (χ1) is 29.1. The molecule has 0 saturated heterocycles. The van der Waals surface area contributed by atoms with E-state index in [1.165, 1.54) is 109 Å². The molecule has 0 amide bonds. The van der Waals surface area contributed by atoms with Crippen LogP contribution in [0.25, 0.3) is 45.0 Å². The monoisotopic (exact) mass is 1220 g/mol. The molecular weight excluding hydrogens is 1190 g/mol. The minimum absolute atomic E-state index is 0.292. The number of nitrogens with zero attached hydrogens (tertiary/aromatic N) is 4. The van der Waals surface area contributed by atoms with Gasteiger partial charge in [-0.05, 0) is 71.3 Å². The van der Waals surface area contributed by atoms with E-state index in [-0.39, 0.29) is 0 Å². The van der Waals surface area contributed by atoms with Gasteiger partial charge >= 0.3 is 54.9 Å². The van der Waals surface area contributed by atoms with Crippen molar-refractivity contribution in [1.82, 2.24) is 19.9 Å². The van der Waals surface area contributed by atoms with Crippen LogP contribution in [0, 0.1) is 70.8 Å². The molecule has 60 heavy (non-hydrogen) atoms. The van der Waals surface area contributed by atoms with Gasteiger partial charge in [0.15, 0.2) is 0 Å². The van der Waals surface area contributed by atoms with Crippen molar-refractivity contribution in [2.45, 2.75) is 0 Å². The zero-order chi connectivity index (χ0) is 43.9. The Morgan fingerprint density at radius 1 is 0.317 bits per heavy atom. The SMILES string of the molecule is Fc1ccc(-c2cc[c-]cn2)c(F)c1.Fc1ccc(-c2cc[c-]cn2)c(F)c1.Fc1ccc(-c2cc[c-]cn2)c(F)c1.Fc1ccc(-c2cc[c-]cn2)c(F)c1.[Cl][Ir+2].[Cl][Ir+2]. The average molecular weight is 1220 g/mol. The Labute approximate surface area is 369 Å². The summed E-state index contributed by atoms with van der Waals surface area (Å²) in [6, 6.07) is 37.6. The van der Waals surface area contributed by atoms with E-state index in [1.807, 2.05) is 0 Å². The maximum atomic E-state index is 13.2. The quantitative estimate of drug-likeness (QED) is 0.130. The standard InChI is InChI=1S/4C11H6F2N.2ClH.2Ir/c4*12-8-4-5-9(10(13)7-8)11-3-1-2-6-14-11;;;;/h4*1,3-7H;2*1H;;/q4*-1;;;2*+3/p-2. The van der Waals surface area contributed by atoms with Gasteiger partial charge in [0.2, 0.25) is 0 Å². The number of aromatic nitrogens is 4. The fraction of sp³-hybridized carbons (Fsp3) is 0. The number of hydrogen-bond donors (Lipinski definition) is 0. The molecule has 0 aliphatic rings. The summed E-state index contributed by atoms with van der Waals surface area (Å²) in [4.78, 5) is 15.7. The van der Waals surface area contributed by atoms with Gasteiger partial charge in [-0.2, -0.15) is 24.3 Å². The van der Waals surface area contributed by atoms with Crippen LogP contribution in [0.3, 0.4) is 0 Å². The molecule has 4 aromatic carbocycles. The molecule has 8 aromatic rings. The predicted octanol–water partition coefficient (Wildman–Crippen LogP) is 12.7. The summed E-state index contributed by atoms with van der Waals surface area (Å²) < 4.78 is 103. The second kappa shape index (κ2) is 26.8. The number of hydrogen-bond acceptors (Lipinski definition) is 4. The van der Waals surface area contributed by atoms with Crippen LogP contribution < -0.4 is 0 Å². The van der Waals surface area contributed by atoms with Crippen LogP contribution in [0.15, 0.2) is 146 Å². The first-order valence-corrected chi connectivity index (χ1v) is 22.4. The molecule has 0 aliphatic heterocycles. The van der Waals surface area contributed by atoms with Gasteiger partial charge in [0.05, 0.1) is 0 Å². The summed E-state index contributed by atoms with van der Waals surface area (Å²) in [5.41, 5.74) is 3.06. The van der Waals surface area contributed by atoms with Crippen molar-refractivity contribution in [3.63, 3.8) is 0 Å². The molecule has 0 spiro atoms. The van der Waals surface area contributed by atoms with E-state index in [4.69, 9.17) is 0 Å². The van der Waals surface area contributed by atoms with Crippen LogP contribution in [0.1, 0.15) is 0 Å². The second-order valence-electron chi connectivity index (χ2n) is 11.1. The summed E-state index contributed by atoms with van der Waals surface area (Å²) in [6.45, 7) is 0. The third kappa shape index (κ3) is 15.8. The van der Waals surface area contributed by atoms with Gasteiger partial charge in [-0.25, -0.2) is 83.7 Å². The number of benzene rings is 4. The van der Waals surface area contributed by atoms with Crippen molar-refractivity contribution >= 4 is 19.2 Å². The molecular formula is C44H24Cl2F8Ir2N4. The van der Waals surface area contributed by atoms with E-state index in [9.17, 15) is 35.1 Å².